The minimum Gasteiger partial charge on any atom is -0.497 e. The molecule has 146 valence electrons. The van der Waals surface area contributed by atoms with Crippen LogP contribution < -0.4 is 9.64 Å². The Labute approximate surface area is 164 Å². The topological polar surface area (TPSA) is 59.1 Å². The number of ether oxygens (including phenoxy) is 1. The summed E-state index contributed by atoms with van der Waals surface area (Å²) >= 11 is 0. The summed E-state index contributed by atoms with van der Waals surface area (Å²) in [5.41, 5.74) is 2.00. The summed E-state index contributed by atoms with van der Waals surface area (Å²) in [6.45, 7) is 2.71. The third kappa shape index (κ3) is 3.97. The summed E-state index contributed by atoms with van der Waals surface area (Å²) in [6.07, 6.45) is 6.80. The van der Waals surface area contributed by atoms with E-state index >= 15 is 0 Å². The van der Waals surface area contributed by atoms with Crippen LogP contribution in [0.2, 0.25) is 0 Å². The molecule has 1 aliphatic rings. The van der Waals surface area contributed by atoms with Gasteiger partial charge in [-0.25, -0.2) is 0 Å². The van der Waals surface area contributed by atoms with Crippen LogP contribution in [0.4, 0.5) is 5.69 Å². The fraction of sp³-hybridized carbons (Fsp3) is 0.318. The highest BCUT2D eigenvalue weighted by atomic mass is 16.5. The average Bonchev–Trinajstić information content (AvgIpc) is 3.44. The molecule has 6 heteroatoms. The molecule has 0 aliphatic carbocycles. The Morgan fingerprint density at radius 1 is 1.18 bits per heavy atom. The number of benzene rings is 1. The summed E-state index contributed by atoms with van der Waals surface area (Å²) < 4.78 is 15.9. The van der Waals surface area contributed by atoms with Gasteiger partial charge in [-0.1, -0.05) is 6.07 Å². The molecule has 0 N–H and O–H groups in total. The first-order valence-corrected chi connectivity index (χ1v) is 9.49. The van der Waals surface area contributed by atoms with Gasteiger partial charge in [0.2, 0.25) is 0 Å². The van der Waals surface area contributed by atoms with Gasteiger partial charge in [-0.2, -0.15) is 0 Å². The van der Waals surface area contributed by atoms with Crippen LogP contribution in [0, 0.1) is 0 Å². The van der Waals surface area contributed by atoms with E-state index in [-0.39, 0.29) is 11.9 Å². The Kier molecular flexibility index (Phi) is 5.48. The van der Waals surface area contributed by atoms with Gasteiger partial charge in [0, 0.05) is 43.0 Å². The predicted molar refractivity (Wildman–Crippen MR) is 106 cm³/mol. The molecule has 3 heterocycles. The van der Waals surface area contributed by atoms with E-state index in [1.54, 1.807) is 31.8 Å². The number of carbonyl (C=O) groups excluding carboxylic acids is 1. The molecule has 0 bridgehead atoms. The first kappa shape index (κ1) is 18.4. The van der Waals surface area contributed by atoms with Crippen molar-refractivity contribution < 1.29 is 18.4 Å². The van der Waals surface area contributed by atoms with E-state index in [1.807, 2.05) is 35.2 Å². The smallest absolute Gasteiger partial charge is 0.294 e. The minimum atomic E-state index is -0.119. The van der Waals surface area contributed by atoms with Crippen molar-refractivity contribution in [1.82, 2.24) is 4.90 Å². The lowest BCUT2D eigenvalue weighted by atomic mass is 10.0. The molecule has 0 saturated carbocycles. The van der Waals surface area contributed by atoms with Gasteiger partial charge in [0.05, 0.1) is 25.9 Å². The molecule has 1 fully saturated rings. The fourth-order valence-electron chi connectivity index (χ4n) is 3.75. The number of amides is 1. The van der Waals surface area contributed by atoms with E-state index in [2.05, 4.69) is 4.90 Å². The second kappa shape index (κ2) is 8.35. The highest BCUT2D eigenvalue weighted by molar-refractivity contribution is 6.04. The van der Waals surface area contributed by atoms with Gasteiger partial charge in [-0.05, 0) is 43.2 Å². The van der Waals surface area contributed by atoms with Crippen molar-refractivity contribution in [3.8, 4) is 5.75 Å². The Morgan fingerprint density at radius 3 is 2.71 bits per heavy atom. The molecule has 2 aromatic heterocycles. The molecule has 1 amide bonds. The van der Waals surface area contributed by atoms with Crippen LogP contribution in [0.15, 0.2) is 70.1 Å². The summed E-state index contributed by atoms with van der Waals surface area (Å²) in [6, 6.07) is 13.2. The molecule has 3 aromatic rings. The van der Waals surface area contributed by atoms with Crippen molar-refractivity contribution in [2.75, 3.05) is 25.1 Å². The average molecular weight is 380 g/mol. The van der Waals surface area contributed by atoms with E-state index in [4.69, 9.17) is 13.6 Å². The van der Waals surface area contributed by atoms with Crippen molar-refractivity contribution in [3.05, 3.63) is 72.6 Å². The first-order chi connectivity index (χ1) is 13.7. The number of carbonyl (C=O) groups is 1. The van der Waals surface area contributed by atoms with Crippen LogP contribution in [0.1, 0.15) is 29.0 Å². The lowest BCUT2D eigenvalue weighted by Crippen LogP contribution is -2.47. The maximum atomic E-state index is 13.2. The van der Waals surface area contributed by atoms with Gasteiger partial charge in [-0.3, -0.25) is 9.69 Å². The standard InChI is InChI=1S/C22H24N2O4/c1-26-20-5-2-4-19(14-20)24(22(25)21-6-3-12-28-21)18-7-10-23(11-8-18)15-17-9-13-27-16-17/h2-6,9,12-14,16,18H,7-8,10-11,15H2,1H3. The molecule has 6 nitrogen and oxygen atoms in total. The second-order valence-corrected chi connectivity index (χ2v) is 6.99. The summed E-state index contributed by atoms with van der Waals surface area (Å²) in [5.74, 6) is 0.960. The minimum absolute atomic E-state index is 0.102. The predicted octanol–water partition coefficient (Wildman–Crippen LogP) is 4.19. The number of nitrogens with zero attached hydrogens (tertiary/aromatic N) is 2. The molecule has 28 heavy (non-hydrogen) atoms. The van der Waals surface area contributed by atoms with Crippen LogP contribution in [0.3, 0.4) is 0 Å². The summed E-state index contributed by atoms with van der Waals surface area (Å²) in [5, 5.41) is 0. The summed E-state index contributed by atoms with van der Waals surface area (Å²) in [4.78, 5) is 17.5. The largest absolute Gasteiger partial charge is 0.497 e. The van der Waals surface area contributed by atoms with Crippen LogP contribution in [-0.4, -0.2) is 37.0 Å². The number of likely N-dealkylation sites (tertiary alicyclic amines) is 1. The van der Waals surface area contributed by atoms with E-state index < -0.39 is 0 Å². The number of methoxy groups -OCH3 is 1. The Bertz CT molecular complexity index is 881. The Balaban J connectivity index is 1.53. The number of hydrogen-bond acceptors (Lipinski definition) is 5. The van der Waals surface area contributed by atoms with E-state index in [0.717, 1.165) is 43.9 Å². The molecule has 1 aliphatic heterocycles. The van der Waals surface area contributed by atoms with Crippen molar-refractivity contribution in [2.45, 2.75) is 25.4 Å². The van der Waals surface area contributed by atoms with Crippen LogP contribution in [0.5, 0.6) is 5.75 Å². The van der Waals surface area contributed by atoms with Crippen molar-refractivity contribution in [3.63, 3.8) is 0 Å². The lowest BCUT2D eigenvalue weighted by molar-refractivity contribution is 0.0931. The SMILES string of the molecule is COc1cccc(N(C(=O)c2ccco2)C2CCN(Cc3ccoc3)CC2)c1. The third-order valence-corrected chi connectivity index (χ3v) is 5.19. The van der Waals surface area contributed by atoms with E-state index in [0.29, 0.717) is 5.76 Å². The zero-order chi connectivity index (χ0) is 19.3. The summed E-state index contributed by atoms with van der Waals surface area (Å²) in [7, 11) is 1.63. The number of rotatable bonds is 6. The van der Waals surface area contributed by atoms with E-state index in [1.165, 1.54) is 11.8 Å². The first-order valence-electron chi connectivity index (χ1n) is 9.49. The zero-order valence-electron chi connectivity index (χ0n) is 15.9. The van der Waals surface area contributed by atoms with Crippen LogP contribution in [0.25, 0.3) is 0 Å². The van der Waals surface area contributed by atoms with Crippen molar-refractivity contribution in [1.29, 1.82) is 0 Å². The molecule has 0 spiro atoms. The van der Waals surface area contributed by atoms with Crippen LogP contribution in [-0.2, 0) is 6.54 Å². The molecule has 0 radical (unpaired) electrons. The number of hydrogen-bond donors (Lipinski definition) is 0. The van der Waals surface area contributed by atoms with Gasteiger partial charge in [0.25, 0.3) is 5.91 Å². The molecule has 1 saturated heterocycles. The van der Waals surface area contributed by atoms with Gasteiger partial charge in [-0.15, -0.1) is 0 Å². The monoisotopic (exact) mass is 380 g/mol. The van der Waals surface area contributed by atoms with Crippen molar-refractivity contribution >= 4 is 11.6 Å². The molecule has 1 aromatic carbocycles. The maximum absolute atomic E-state index is 13.2. The highest BCUT2D eigenvalue weighted by Crippen LogP contribution is 2.29. The quantitative estimate of drug-likeness (QED) is 0.642. The Hall–Kier alpha value is -2.99. The lowest BCUT2D eigenvalue weighted by Gasteiger charge is -2.38. The number of furan rings is 2. The molecule has 0 unspecified atom stereocenters. The van der Waals surface area contributed by atoms with Gasteiger partial charge in [0.15, 0.2) is 5.76 Å². The highest BCUT2D eigenvalue weighted by Gasteiger charge is 2.31. The van der Waals surface area contributed by atoms with E-state index in [9.17, 15) is 4.79 Å². The van der Waals surface area contributed by atoms with Gasteiger partial charge < -0.3 is 18.5 Å². The van der Waals surface area contributed by atoms with Gasteiger partial charge >= 0.3 is 0 Å². The normalized spacial score (nSPS) is 15.5. The number of anilines is 1. The van der Waals surface area contributed by atoms with Gasteiger partial charge in [0.1, 0.15) is 5.75 Å². The molecular weight excluding hydrogens is 356 g/mol. The zero-order valence-corrected chi connectivity index (χ0v) is 15.9. The van der Waals surface area contributed by atoms with Crippen molar-refractivity contribution in [2.24, 2.45) is 0 Å². The number of piperidine rings is 1. The second-order valence-electron chi connectivity index (χ2n) is 6.99. The fourth-order valence-corrected chi connectivity index (χ4v) is 3.75. The van der Waals surface area contributed by atoms with Crippen LogP contribution >= 0.6 is 0 Å². The molecule has 4 rings (SSSR count). The molecule has 0 atom stereocenters. The maximum Gasteiger partial charge on any atom is 0.294 e. The third-order valence-electron chi connectivity index (χ3n) is 5.19. The molecular formula is C22H24N2O4. The Morgan fingerprint density at radius 2 is 2.04 bits per heavy atom.